The standard InChI is InChI=1S/C16H20O3S/c1-11-7-5-8-12(2)15(11)20(17,18,19)16-13(3)9-6-10-14(16)4/h5-10H,1-4H3,(H2,17,18,19). The predicted molar refractivity (Wildman–Crippen MR) is 81.8 cm³/mol. The van der Waals surface area contributed by atoms with Crippen LogP contribution in [-0.4, -0.2) is 13.3 Å². The van der Waals surface area contributed by atoms with E-state index in [-0.39, 0.29) is 9.79 Å². The van der Waals surface area contributed by atoms with Crippen LogP contribution >= 0.6 is 0 Å². The van der Waals surface area contributed by atoms with Gasteiger partial charge in [0.25, 0.3) is 0 Å². The Morgan fingerprint density at radius 3 is 1.20 bits per heavy atom. The highest BCUT2D eigenvalue weighted by Crippen LogP contribution is 2.44. The zero-order chi connectivity index (χ0) is 15.2. The molecular weight excluding hydrogens is 272 g/mol. The van der Waals surface area contributed by atoms with Crippen LogP contribution in [0.5, 0.6) is 0 Å². The van der Waals surface area contributed by atoms with Gasteiger partial charge in [-0.2, -0.15) is 0 Å². The van der Waals surface area contributed by atoms with Crippen LogP contribution in [0, 0.1) is 27.7 Å². The van der Waals surface area contributed by atoms with Crippen molar-refractivity contribution in [2.45, 2.75) is 37.5 Å². The minimum Gasteiger partial charge on any atom is -0.301 e. The van der Waals surface area contributed by atoms with Gasteiger partial charge in [0, 0.05) is 0 Å². The largest absolute Gasteiger partial charge is 0.301 e. The molecule has 0 radical (unpaired) electrons. The van der Waals surface area contributed by atoms with E-state index in [4.69, 9.17) is 0 Å². The molecule has 0 saturated carbocycles. The van der Waals surface area contributed by atoms with Crippen molar-refractivity contribution in [3.8, 4) is 0 Å². The molecule has 0 saturated heterocycles. The van der Waals surface area contributed by atoms with Crippen molar-refractivity contribution >= 4 is 9.63 Å². The number of benzene rings is 2. The second kappa shape index (κ2) is 4.52. The van der Waals surface area contributed by atoms with Crippen LogP contribution in [0.2, 0.25) is 0 Å². The molecule has 0 atom stereocenters. The van der Waals surface area contributed by atoms with Gasteiger partial charge in [0.2, 0.25) is 0 Å². The van der Waals surface area contributed by atoms with Gasteiger partial charge in [0.1, 0.15) is 9.63 Å². The van der Waals surface area contributed by atoms with E-state index in [1.165, 1.54) is 0 Å². The van der Waals surface area contributed by atoms with Crippen molar-refractivity contribution in [1.29, 1.82) is 0 Å². The van der Waals surface area contributed by atoms with E-state index in [0.29, 0.717) is 22.3 Å². The number of hydrogen-bond donors (Lipinski definition) is 2. The van der Waals surface area contributed by atoms with E-state index in [0.717, 1.165) is 0 Å². The van der Waals surface area contributed by atoms with Crippen LogP contribution in [0.15, 0.2) is 46.2 Å². The van der Waals surface area contributed by atoms with Gasteiger partial charge >= 0.3 is 0 Å². The summed E-state index contributed by atoms with van der Waals surface area (Å²) in [5.41, 5.74) is 2.42. The first-order chi connectivity index (χ1) is 9.13. The molecule has 2 aromatic carbocycles. The zero-order valence-corrected chi connectivity index (χ0v) is 13.0. The van der Waals surface area contributed by atoms with Crippen LogP contribution in [-0.2, 0) is 9.63 Å². The molecular formula is C16H20O3S. The summed E-state index contributed by atoms with van der Waals surface area (Å²) < 4.78 is 34.7. The topological polar surface area (TPSA) is 57.5 Å². The first-order valence-electron chi connectivity index (χ1n) is 6.43. The van der Waals surface area contributed by atoms with Crippen LogP contribution in [0.25, 0.3) is 0 Å². The maximum absolute atomic E-state index is 13.2. The average molecular weight is 292 g/mol. The fraction of sp³-hybridized carbons (Fsp3) is 0.250. The van der Waals surface area contributed by atoms with Crippen molar-refractivity contribution < 1.29 is 13.3 Å². The van der Waals surface area contributed by atoms with Gasteiger partial charge in [0.05, 0.1) is 9.79 Å². The van der Waals surface area contributed by atoms with Crippen LogP contribution in [0.4, 0.5) is 0 Å². The lowest BCUT2D eigenvalue weighted by atomic mass is 10.1. The normalized spacial score (nSPS) is 13.8. The molecule has 2 rings (SSSR count). The van der Waals surface area contributed by atoms with E-state index in [2.05, 4.69) is 0 Å². The van der Waals surface area contributed by atoms with Crippen molar-refractivity contribution in [1.82, 2.24) is 0 Å². The molecule has 20 heavy (non-hydrogen) atoms. The molecule has 0 aliphatic carbocycles. The maximum atomic E-state index is 13.2. The molecule has 0 aromatic heterocycles. The van der Waals surface area contributed by atoms with Crippen LogP contribution < -0.4 is 0 Å². The Morgan fingerprint density at radius 1 is 0.700 bits per heavy atom. The molecule has 0 fully saturated rings. The molecule has 0 aliphatic heterocycles. The monoisotopic (exact) mass is 292 g/mol. The van der Waals surface area contributed by atoms with E-state index in [9.17, 15) is 13.3 Å². The van der Waals surface area contributed by atoms with E-state index in [1.54, 1.807) is 52.0 Å². The third kappa shape index (κ3) is 2.20. The molecule has 0 spiro atoms. The SMILES string of the molecule is Cc1cccc(C)c1S(=O)(O)(O)c1c(C)cccc1C. The summed E-state index contributed by atoms with van der Waals surface area (Å²) in [6.07, 6.45) is 0. The summed E-state index contributed by atoms with van der Waals surface area (Å²) in [5.74, 6) is 0. The van der Waals surface area contributed by atoms with Gasteiger partial charge in [-0.1, -0.05) is 36.4 Å². The highest BCUT2D eigenvalue weighted by atomic mass is 32.3. The zero-order valence-electron chi connectivity index (χ0n) is 12.2. The second-order valence-electron chi connectivity index (χ2n) is 5.31. The first-order valence-corrected chi connectivity index (χ1v) is 8.31. The highest BCUT2D eigenvalue weighted by molar-refractivity contribution is 8.10. The Kier molecular flexibility index (Phi) is 3.37. The van der Waals surface area contributed by atoms with Gasteiger partial charge in [-0.25, -0.2) is 4.21 Å². The molecule has 2 aromatic rings. The first kappa shape index (κ1) is 14.9. The summed E-state index contributed by atoms with van der Waals surface area (Å²) >= 11 is 0. The fourth-order valence-electron chi connectivity index (χ4n) is 2.86. The quantitative estimate of drug-likeness (QED) is 0.876. The summed E-state index contributed by atoms with van der Waals surface area (Å²) in [4.78, 5) is 0.226. The van der Waals surface area contributed by atoms with Gasteiger partial charge in [-0.3, -0.25) is 0 Å². The second-order valence-corrected chi connectivity index (χ2v) is 7.85. The molecule has 4 heteroatoms. The van der Waals surface area contributed by atoms with Crippen molar-refractivity contribution in [2.24, 2.45) is 0 Å². The van der Waals surface area contributed by atoms with E-state index >= 15 is 0 Å². The molecule has 3 nitrogen and oxygen atoms in total. The smallest absolute Gasteiger partial charge is 0.136 e. The van der Waals surface area contributed by atoms with Gasteiger partial charge in [-0.05, 0) is 49.9 Å². The molecule has 0 unspecified atom stereocenters. The summed E-state index contributed by atoms with van der Waals surface area (Å²) in [7, 11) is -5.08. The molecule has 0 amide bonds. The predicted octanol–water partition coefficient (Wildman–Crippen LogP) is 4.10. The van der Waals surface area contributed by atoms with Crippen molar-refractivity contribution in [3.63, 3.8) is 0 Å². The molecule has 0 bridgehead atoms. The van der Waals surface area contributed by atoms with Crippen LogP contribution in [0.3, 0.4) is 0 Å². The highest BCUT2D eigenvalue weighted by Gasteiger charge is 2.40. The lowest BCUT2D eigenvalue weighted by molar-refractivity contribution is 0.387. The molecule has 2 N–H and O–H groups in total. The summed E-state index contributed by atoms with van der Waals surface area (Å²) in [6.45, 7) is 6.93. The molecule has 108 valence electrons. The Bertz CT molecular complexity index is 643. The number of hydrogen-bond acceptors (Lipinski definition) is 1. The summed E-state index contributed by atoms with van der Waals surface area (Å²) in [5, 5.41) is 0. The Balaban J connectivity index is 2.92. The molecule has 0 aliphatic rings. The van der Waals surface area contributed by atoms with Gasteiger partial charge in [0.15, 0.2) is 0 Å². The Hall–Kier alpha value is -1.49. The van der Waals surface area contributed by atoms with Crippen molar-refractivity contribution in [3.05, 3.63) is 58.7 Å². The summed E-state index contributed by atoms with van der Waals surface area (Å²) in [6, 6.07) is 10.5. The third-order valence-corrected chi connectivity index (χ3v) is 6.31. The minimum atomic E-state index is -5.08. The van der Waals surface area contributed by atoms with Gasteiger partial charge in [-0.15, -0.1) is 0 Å². The lowest BCUT2D eigenvalue weighted by Crippen LogP contribution is -2.35. The Labute approximate surface area is 119 Å². The number of rotatable bonds is 2. The maximum Gasteiger partial charge on any atom is 0.136 e. The Morgan fingerprint density at radius 2 is 0.950 bits per heavy atom. The van der Waals surface area contributed by atoms with E-state index in [1.807, 2.05) is 12.1 Å². The fourth-order valence-corrected chi connectivity index (χ4v) is 5.66. The third-order valence-electron chi connectivity index (χ3n) is 3.55. The number of aryl methyl sites for hydroxylation is 4. The minimum absolute atomic E-state index is 0.113. The molecule has 0 heterocycles. The van der Waals surface area contributed by atoms with Crippen molar-refractivity contribution in [2.75, 3.05) is 0 Å². The van der Waals surface area contributed by atoms with Gasteiger partial charge < -0.3 is 9.11 Å². The van der Waals surface area contributed by atoms with E-state index < -0.39 is 9.63 Å². The lowest BCUT2D eigenvalue weighted by Gasteiger charge is -2.36. The average Bonchev–Trinajstić information content (AvgIpc) is 2.26. The van der Waals surface area contributed by atoms with Crippen LogP contribution in [0.1, 0.15) is 22.3 Å².